The van der Waals surface area contributed by atoms with Gasteiger partial charge >= 0.3 is 5.97 Å². The summed E-state index contributed by atoms with van der Waals surface area (Å²) in [7, 11) is 0. The Bertz CT molecular complexity index is 868. The number of ketones is 1. The van der Waals surface area contributed by atoms with Crippen molar-refractivity contribution in [3.63, 3.8) is 0 Å². The zero-order valence-corrected chi connectivity index (χ0v) is 14.0. The predicted octanol–water partition coefficient (Wildman–Crippen LogP) is 3.66. The average molecular weight is 375 g/mol. The van der Waals surface area contributed by atoms with Crippen molar-refractivity contribution in [2.75, 3.05) is 6.61 Å². The molecule has 0 heterocycles. The molecule has 0 aliphatic rings. The molecule has 0 spiro atoms. The molecule has 0 N–H and O–H groups in total. The predicted molar refractivity (Wildman–Crippen MR) is 92.2 cm³/mol. The van der Waals surface area contributed by atoms with E-state index in [-0.39, 0.29) is 17.7 Å². The zero-order valence-electron chi connectivity index (χ0n) is 14.0. The van der Waals surface area contributed by atoms with Crippen LogP contribution in [0.25, 0.3) is 0 Å². The van der Waals surface area contributed by atoms with Crippen molar-refractivity contribution in [3.8, 4) is 0 Å². The molecule has 0 fully saturated rings. The largest absolute Gasteiger partial charge is 0.461 e. The molecule has 0 radical (unpaired) electrons. The molecule has 2 rings (SSSR count). The molecule has 0 amide bonds. The first kappa shape index (κ1) is 19.9. The molecule has 8 heteroatoms. The Balaban J connectivity index is 1.87. The summed E-state index contributed by atoms with van der Waals surface area (Å²) in [5, 5.41) is 10.9. The van der Waals surface area contributed by atoms with E-state index in [0.717, 1.165) is 30.4 Å². The van der Waals surface area contributed by atoms with E-state index in [2.05, 4.69) is 0 Å². The third-order valence-electron chi connectivity index (χ3n) is 3.54. The van der Waals surface area contributed by atoms with Crippen molar-refractivity contribution in [3.05, 3.63) is 87.7 Å². The zero-order chi connectivity index (χ0) is 19.8. The maximum Gasteiger partial charge on any atom is 0.310 e. The first-order valence-corrected chi connectivity index (χ1v) is 7.86. The number of alkyl halides is 1. The van der Waals surface area contributed by atoms with Crippen molar-refractivity contribution in [1.82, 2.24) is 0 Å². The summed E-state index contributed by atoms with van der Waals surface area (Å²) >= 11 is 0. The number of halogens is 2. The lowest BCUT2D eigenvalue weighted by molar-refractivity contribution is -0.385. The van der Waals surface area contributed by atoms with Crippen LogP contribution < -0.4 is 0 Å². The number of nitro groups is 1. The van der Waals surface area contributed by atoms with E-state index in [1.54, 1.807) is 18.2 Å². The van der Waals surface area contributed by atoms with Gasteiger partial charge in [-0.05, 0) is 29.8 Å². The highest BCUT2D eigenvalue weighted by Crippen LogP contribution is 2.20. The highest BCUT2D eigenvalue weighted by molar-refractivity contribution is 5.94. The van der Waals surface area contributed by atoms with Gasteiger partial charge in [-0.3, -0.25) is 19.7 Å². The molecule has 27 heavy (non-hydrogen) atoms. The molecule has 0 saturated heterocycles. The van der Waals surface area contributed by atoms with E-state index >= 15 is 0 Å². The number of rotatable bonds is 8. The maximum absolute atomic E-state index is 14.0. The van der Waals surface area contributed by atoms with Gasteiger partial charge in [-0.15, -0.1) is 0 Å². The molecule has 0 saturated carbocycles. The van der Waals surface area contributed by atoms with E-state index in [1.807, 2.05) is 0 Å². The van der Waals surface area contributed by atoms with Crippen LogP contribution >= 0.6 is 0 Å². The number of hydrogen-bond acceptors (Lipinski definition) is 5. The van der Waals surface area contributed by atoms with E-state index in [4.69, 9.17) is 4.74 Å². The summed E-state index contributed by atoms with van der Waals surface area (Å²) in [5.41, 5.74) is -0.317. The van der Waals surface area contributed by atoms with Crippen LogP contribution in [0.15, 0.2) is 60.7 Å². The lowest BCUT2D eigenvalue weighted by atomic mass is 10.1. The quantitative estimate of drug-likeness (QED) is 0.304. The molecule has 6 nitrogen and oxygen atoms in total. The number of ether oxygens (including phenoxy) is 1. The van der Waals surface area contributed by atoms with Crippen LogP contribution in [0.4, 0.5) is 14.5 Å². The Morgan fingerprint density at radius 2 is 1.89 bits per heavy atom. The molecule has 0 aliphatic carbocycles. The van der Waals surface area contributed by atoms with Crippen LogP contribution in [-0.4, -0.2) is 23.3 Å². The number of esters is 1. The number of carbonyl (C=O) groups excluding carboxylic acids is 2. The van der Waals surface area contributed by atoms with Crippen molar-refractivity contribution in [2.24, 2.45) is 0 Å². The Kier molecular flexibility index (Phi) is 6.87. The molecule has 0 bridgehead atoms. The smallest absolute Gasteiger partial charge is 0.310 e. The maximum atomic E-state index is 14.0. The Morgan fingerprint density at radius 1 is 1.19 bits per heavy atom. The molecular weight excluding hydrogens is 360 g/mol. The summed E-state index contributed by atoms with van der Waals surface area (Å²) in [4.78, 5) is 33.6. The normalized spacial score (nSPS) is 11.9. The van der Waals surface area contributed by atoms with Gasteiger partial charge in [-0.2, -0.15) is 0 Å². The van der Waals surface area contributed by atoms with Gasteiger partial charge in [0.05, 0.1) is 11.3 Å². The van der Waals surface area contributed by atoms with Gasteiger partial charge in [0.2, 0.25) is 0 Å². The molecule has 2 aromatic carbocycles. The van der Waals surface area contributed by atoms with E-state index in [9.17, 15) is 28.5 Å². The van der Waals surface area contributed by atoms with Crippen molar-refractivity contribution >= 4 is 17.4 Å². The van der Waals surface area contributed by atoms with E-state index in [0.29, 0.717) is 0 Å². The SMILES string of the molecule is O=C(Cc1cc(F)ccc1[N+](=O)[O-])OC/C=C/C(=O)C(F)c1ccccc1. The van der Waals surface area contributed by atoms with Crippen LogP contribution in [0.1, 0.15) is 17.3 Å². The second-order valence-corrected chi connectivity index (χ2v) is 5.47. The van der Waals surface area contributed by atoms with Gasteiger partial charge in [0, 0.05) is 11.6 Å². The minimum atomic E-state index is -1.83. The summed E-state index contributed by atoms with van der Waals surface area (Å²) in [6.45, 7) is -0.324. The number of allylic oxidation sites excluding steroid dienone is 1. The lowest BCUT2D eigenvalue weighted by Gasteiger charge is -2.05. The average Bonchev–Trinajstić information content (AvgIpc) is 2.65. The number of nitrogens with zero attached hydrogens (tertiary/aromatic N) is 1. The lowest BCUT2D eigenvalue weighted by Crippen LogP contribution is -2.10. The molecular formula is C19H15F2NO5. The fourth-order valence-corrected chi connectivity index (χ4v) is 2.26. The number of carbonyl (C=O) groups is 2. The Labute approximate surface area is 153 Å². The van der Waals surface area contributed by atoms with Crippen LogP contribution in [0.2, 0.25) is 0 Å². The topological polar surface area (TPSA) is 86.5 Å². The van der Waals surface area contributed by atoms with E-state index < -0.39 is 40.8 Å². The summed E-state index contributed by atoms with van der Waals surface area (Å²) in [6, 6.07) is 10.6. The molecule has 1 atom stereocenters. The Morgan fingerprint density at radius 3 is 2.56 bits per heavy atom. The summed E-state index contributed by atoms with van der Waals surface area (Å²) < 4.78 is 32.0. The number of hydrogen-bond donors (Lipinski definition) is 0. The molecule has 0 aliphatic heterocycles. The fourth-order valence-electron chi connectivity index (χ4n) is 2.26. The monoisotopic (exact) mass is 375 g/mol. The van der Waals surface area contributed by atoms with Crippen LogP contribution in [0, 0.1) is 15.9 Å². The van der Waals surface area contributed by atoms with Crippen LogP contribution in [0.3, 0.4) is 0 Å². The van der Waals surface area contributed by atoms with Gasteiger partial charge in [0.15, 0.2) is 12.0 Å². The molecule has 1 unspecified atom stereocenters. The fraction of sp³-hybridized carbons (Fsp3) is 0.158. The second-order valence-electron chi connectivity index (χ2n) is 5.47. The highest BCUT2D eigenvalue weighted by atomic mass is 19.1. The second kappa shape index (κ2) is 9.33. The van der Waals surface area contributed by atoms with Crippen molar-refractivity contribution < 1.29 is 28.0 Å². The van der Waals surface area contributed by atoms with E-state index in [1.165, 1.54) is 12.1 Å². The third kappa shape index (κ3) is 5.81. The summed E-state index contributed by atoms with van der Waals surface area (Å²) in [6.07, 6.45) is -0.218. The van der Waals surface area contributed by atoms with Gasteiger partial charge in [-0.25, -0.2) is 8.78 Å². The Hall–Kier alpha value is -3.42. The highest BCUT2D eigenvalue weighted by Gasteiger charge is 2.18. The van der Waals surface area contributed by atoms with Gasteiger partial charge in [0.1, 0.15) is 12.4 Å². The molecule has 0 aromatic heterocycles. The van der Waals surface area contributed by atoms with Crippen LogP contribution in [-0.2, 0) is 20.7 Å². The van der Waals surface area contributed by atoms with Gasteiger partial charge in [0.25, 0.3) is 5.69 Å². The number of benzene rings is 2. The molecule has 2 aromatic rings. The van der Waals surface area contributed by atoms with Gasteiger partial charge < -0.3 is 4.74 Å². The number of nitro benzene ring substituents is 1. The summed E-state index contributed by atoms with van der Waals surface area (Å²) in [5.74, 6) is -2.37. The van der Waals surface area contributed by atoms with Gasteiger partial charge in [-0.1, -0.05) is 30.3 Å². The molecule has 140 valence electrons. The van der Waals surface area contributed by atoms with Crippen molar-refractivity contribution in [2.45, 2.75) is 12.6 Å². The minimum Gasteiger partial charge on any atom is -0.461 e. The first-order chi connectivity index (χ1) is 12.9. The minimum absolute atomic E-state index is 0.127. The third-order valence-corrected chi connectivity index (χ3v) is 3.54. The first-order valence-electron chi connectivity index (χ1n) is 7.86. The van der Waals surface area contributed by atoms with Crippen LogP contribution in [0.5, 0.6) is 0 Å². The van der Waals surface area contributed by atoms with Crippen molar-refractivity contribution in [1.29, 1.82) is 0 Å². The standard InChI is InChI=1S/C19H15F2NO5/c20-15-8-9-16(22(25)26)14(11-15)12-18(24)27-10-4-7-17(23)19(21)13-5-2-1-3-6-13/h1-9,11,19H,10,12H2/b7-4+.